The molecule has 0 radical (unpaired) electrons. The molecule has 0 heterocycles. The maximum absolute atomic E-state index is 14.6. The molecule has 0 atom stereocenters. The Morgan fingerprint density at radius 2 is 1.68 bits per heavy atom. The molecular weight excluding hydrogens is 427 g/mol. The van der Waals surface area contributed by atoms with Crippen molar-refractivity contribution in [1.29, 1.82) is 0 Å². The van der Waals surface area contributed by atoms with Gasteiger partial charge in [-0.3, -0.25) is 4.79 Å². The Morgan fingerprint density at radius 3 is 2.29 bits per heavy atom. The molecule has 142 valence electrons. The maximum atomic E-state index is 14.6. The molecule has 3 rings (SSSR count). The molecule has 6 heteroatoms. The molecule has 0 unspecified atom stereocenters. The Balaban J connectivity index is 2.03. The fourth-order valence-electron chi connectivity index (χ4n) is 2.67. The zero-order valence-electron chi connectivity index (χ0n) is 14.9. The van der Waals surface area contributed by atoms with E-state index in [9.17, 15) is 14.0 Å². The van der Waals surface area contributed by atoms with Crippen LogP contribution in [0.3, 0.4) is 0 Å². The van der Waals surface area contributed by atoms with Crippen molar-refractivity contribution in [2.24, 2.45) is 0 Å². The summed E-state index contributed by atoms with van der Waals surface area (Å²) < 4.78 is 25.9. The first kappa shape index (κ1) is 19.8. The lowest BCUT2D eigenvalue weighted by Crippen LogP contribution is -2.15. The summed E-state index contributed by atoms with van der Waals surface area (Å²) >= 11 is 3.20. The number of hydrogen-bond donors (Lipinski definition) is 0. The molecule has 0 amide bonds. The second-order valence-electron chi connectivity index (χ2n) is 5.97. The van der Waals surface area contributed by atoms with E-state index >= 15 is 0 Å². The molecule has 0 saturated carbocycles. The molecule has 0 aromatic heterocycles. The highest BCUT2D eigenvalue weighted by Gasteiger charge is 2.27. The predicted octanol–water partition coefficient (Wildman–Crippen LogP) is 5.51. The summed E-state index contributed by atoms with van der Waals surface area (Å²) in [6.07, 6.45) is 0.383. The van der Waals surface area contributed by atoms with Gasteiger partial charge in [0, 0.05) is 5.56 Å². The van der Waals surface area contributed by atoms with Gasteiger partial charge in [-0.15, -0.1) is 0 Å². The third-order valence-electron chi connectivity index (χ3n) is 4.11. The lowest BCUT2D eigenvalue weighted by molar-refractivity contribution is 0.0727. The van der Waals surface area contributed by atoms with Crippen LogP contribution in [0, 0.1) is 12.7 Å². The number of aldehydes is 1. The molecule has 0 N–H and O–H groups in total. The van der Waals surface area contributed by atoms with Crippen LogP contribution in [0.5, 0.6) is 11.5 Å². The van der Waals surface area contributed by atoms with Crippen LogP contribution in [0.1, 0.15) is 31.8 Å². The van der Waals surface area contributed by atoms with Crippen LogP contribution in [0.4, 0.5) is 4.39 Å². The Kier molecular flexibility index (Phi) is 6.21. The summed E-state index contributed by atoms with van der Waals surface area (Å²) in [6.45, 7) is 1.54. The zero-order valence-corrected chi connectivity index (χ0v) is 16.5. The number of halogens is 2. The summed E-state index contributed by atoms with van der Waals surface area (Å²) in [4.78, 5) is 24.2. The van der Waals surface area contributed by atoms with Crippen LogP contribution in [-0.4, -0.2) is 12.3 Å². The van der Waals surface area contributed by atoms with Crippen molar-refractivity contribution in [3.05, 3.63) is 93.2 Å². The minimum atomic E-state index is -0.797. The number of benzene rings is 3. The standard InChI is InChI=1S/C22H16BrFO4/c1-14-18(22(26)28-16-10-6-3-7-11-16)21(19(23)17(12-25)20(14)24)27-13-15-8-4-2-5-9-15/h2-12H,13H2,1H3. The van der Waals surface area contributed by atoms with Crippen molar-refractivity contribution in [3.8, 4) is 11.5 Å². The number of ether oxygens (including phenoxy) is 2. The zero-order chi connectivity index (χ0) is 20.1. The Hall–Kier alpha value is -2.99. The average molecular weight is 443 g/mol. The summed E-state index contributed by atoms with van der Waals surface area (Å²) in [5, 5.41) is 0. The second kappa shape index (κ2) is 8.80. The first-order valence-electron chi connectivity index (χ1n) is 8.43. The summed E-state index contributed by atoms with van der Waals surface area (Å²) in [6, 6.07) is 17.7. The van der Waals surface area contributed by atoms with Gasteiger partial charge in [-0.2, -0.15) is 0 Å². The number of esters is 1. The van der Waals surface area contributed by atoms with Gasteiger partial charge in [-0.25, -0.2) is 9.18 Å². The van der Waals surface area contributed by atoms with Gasteiger partial charge in [-0.1, -0.05) is 48.5 Å². The van der Waals surface area contributed by atoms with Gasteiger partial charge in [0.15, 0.2) is 6.29 Å². The highest BCUT2D eigenvalue weighted by atomic mass is 79.9. The monoisotopic (exact) mass is 442 g/mol. The molecule has 0 spiro atoms. The van der Waals surface area contributed by atoms with Crippen LogP contribution in [-0.2, 0) is 6.61 Å². The summed E-state index contributed by atoms with van der Waals surface area (Å²) in [5.41, 5.74) is 0.548. The molecule has 0 fully saturated rings. The van der Waals surface area contributed by atoms with Crippen molar-refractivity contribution in [2.45, 2.75) is 13.5 Å². The third-order valence-corrected chi connectivity index (χ3v) is 4.89. The van der Waals surface area contributed by atoms with E-state index in [1.165, 1.54) is 6.92 Å². The van der Waals surface area contributed by atoms with Crippen molar-refractivity contribution in [1.82, 2.24) is 0 Å². The molecule has 0 aliphatic heterocycles. The number of carbonyl (C=O) groups excluding carboxylic acids is 2. The minimum Gasteiger partial charge on any atom is -0.487 e. The van der Waals surface area contributed by atoms with Crippen LogP contribution in [0.25, 0.3) is 0 Å². The molecular formula is C22H16BrFO4. The fraction of sp³-hybridized carbons (Fsp3) is 0.0909. The van der Waals surface area contributed by atoms with Gasteiger partial charge < -0.3 is 9.47 Å². The summed E-state index contributed by atoms with van der Waals surface area (Å²) in [7, 11) is 0. The minimum absolute atomic E-state index is 0.0192. The molecule has 0 bridgehead atoms. The Morgan fingerprint density at radius 1 is 1.07 bits per heavy atom. The first-order chi connectivity index (χ1) is 13.5. The first-order valence-corrected chi connectivity index (χ1v) is 9.23. The quantitative estimate of drug-likeness (QED) is 0.287. The van der Waals surface area contributed by atoms with Crippen molar-refractivity contribution >= 4 is 28.2 Å². The van der Waals surface area contributed by atoms with Crippen LogP contribution < -0.4 is 9.47 Å². The van der Waals surface area contributed by atoms with Gasteiger partial charge in [0.05, 0.1) is 10.0 Å². The van der Waals surface area contributed by atoms with E-state index in [-0.39, 0.29) is 33.5 Å². The van der Waals surface area contributed by atoms with E-state index in [1.54, 1.807) is 30.3 Å². The van der Waals surface area contributed by atoms with Gasteiger partial charge in [0.2, 0.25) is 0 Å². The number of carbonyl (C=O) groups is 2. The molecule has 3 aromatic rings. The average Bonchev–Trinajstić information content (AvgIpc) is 2.71. The van der Waals surface area contributed by atoms with Crippen molar-refractivity contribution < 1.29 is 23.5 Å². The topological polar surface area (TPSA) is 52.6 Å². The third kappa shape index (κ3) is 4.12. The predicted molar refractivity (Wildman–Crippen MR) is 106 cm³/mol. The molecule has 3 aromatic carbocycles. The Bertz CT molecular complexity index is 1000. The highest BCUT2D eigenvalue weighted by Crippen LogP contribution is 2.38. The van der Waals surface area contributed by atoms with Gasteiger partial charge in [0.1, 0.15) is 29.5 Å². The van der Waals surface area contributed by atoms with Crippen molar-refractivity contribution in [3.63, 3.8) is 0 Å². The van der Waals surface area contributed by atoms with Gasteiger partial charge >= 0.3 is 5.97 Å². The van der Waals surface area contributed by atoms with E-state index < -0.39 is 11.8 Å². The number of para-hydroxylation sites is 1. The van der Waals surface area contributed by atoms with Gasteiger partial charge in [-0.05, 0) is 40.5 Å². The largest absolute Gasteiger partial charge is 0.487 e. The van der Waals surface area contributed by atoms with Crippen LogP contribution in [0.2, 0.25) is 0 Å². The highest BCUT2D eigenvalue weighted by molar-refractivity contribution is 9.10. The molecule has 0 aliphatic carbocycles. The summed E-state index contributed by atoms with van der Waals surface area (Å²) in [5.74, 6) is -1.19. The molecule has 0 saturated heterocycles. The van der Waals surface area contributed by atoms with Crippen LogP contribution in [0.15, 0.2) is 65.1 Å². The number of rotatable bonds is 6. The van der Waals surface area contributed by atoms with E-state index in [1.807, 2.05) is 30.3 Å². The van der Waals surface area contributed by atoms with E-state index in [4.69, 9.17) is 9.47 Å². The smallest absolute Gasteiger partial charge is 0.347 e. The van der Waals surface area contributed by atoms with E-state index in [0.717, 1.165) is 5.56 Å². The normalized spacial score (nSPS) is 10.4. The lowest BCUT2D eigenvalue weighted by atomic mass is 10.0. The van der Waals surface area contributed by atoms with Gasteiger partial charge in [0.25, 0.3) is 0 Å². The molecule has 4 nitrogen and oxygen atoms in total. The maximum Gasteiger partial charge on any atom is 0.347 e. The van der Waals surface area contributed by atoms with Crippen LogP contribution >= 0.6 is 15.9 Å². The molecule has 0 aliphatic rings. The number of hydrogen-bond acceptors (Lipinski definition) is 4. The van der Waals surface area contributed by atoms with Crippen molar-refractivity contribution in [2.75, 3.05) is 0 Å². The van der Waals surface area contributed by atoms with E-state index in [2.05, 4.69) is 15.9 Å². The Labute approximate surface area is 170 Å². The fourth-order valence-corrected chi connectivity index (χ4v) is 3.25. The molecule has 28 heavy (non-hydrogen) atoms. The van der Waals surface area contributed by atoms with E-state index in [0.29, 0.717) is 12.0 Å². The lowest BCUT2D eigenvalue weighted by Gasteiger charge is -2.17. The second-order valence-corrected chi connectivity index (χ2v) is 6.76. The SMILES string of the molecule is Cc1c(F)c(C=O)c(Br)c(OCc2ccccc2)c1C(=O)Oc1ccccc1.